The highest BCUT2D eigenvalue weighted by molar-refractivity contribution is 6.01. The molecule has 1 saturated heterocycles. The molecule has 1 saturated carbocycles. The minimum absolute atomic E-state index is 0. The molecule has 0 spiro atoms. The van der Waals surface area contributed by atoms with Crippen LogP contribution in [-0.2, 0) is 11.3 Å². The molecule has 0 bridgehead atoms. The van der Waals surface area contributed by atoms with Gasteiger partial charge in [0.15, 0.2) is 0 Å². The number of carbonyl (C=O) groups excluding carboxylic acids is 1. The highest BCUT2D eigenvalue weighted by Crippen LogP contribution is 2.56. The van der Waals surface area contributed by atoms with Crippen molar-refractivity contribution in [3.63, 3.8) is 0 Å². The summed E-state index contributed by atoms with van der Waals surface area (Å²) in [4.78, 5) is 14.4. The number of benzene rings is 2. The molecule has 178 valence electrons. The Labute approximate surface area is 203 Å². The maximum Gasteiger partial charge on any atom is 0.230 e. The number of fused-ring (bicyclic) bond motifs is 3. The fraction of sp³-hybridized carbons (Fsp3) is 0.519. The van der Waals surface area contributed by atoms with Crippen molar-refractivity contribution >= 4 is 24.0 Å². The van der Waals surface area contributed by atoms with Crippen LogP contribution in [0.3, 0.4) is 0 Å². The second kappa shape index (κ2) is 10.0. The van der Waals surface area contributed by atoms with E-state index in [0.29, 0.717) is 24.0 Å². The smallest absolute Gasteiger partial charge is 0.230 e. The van der Waals surface area contributed by atoms with Gasteiger partial charge in [0.05, 0.1) is 7.11 Å². The van der Waals surface area contributed by atoms with Crippen molar-refractivity contribution in [3.8, 4) is 5.75 Å². The zero-order valence-electron chi connectivity index (χ0n) is 19.8. The lowest BCUT2D eigenvalue weighted by molar-refractivity contribution is -0.119. The van der Waals surface area contributed by atoms with Crippen LogP contribution in [-0.4, -0.2) is 32.1 Å². The first-order chi connectivity index (χ1) is 15.6. The van der Waals surface area contributed by atoms with Crippen LogP contribution in [0.2, 0.25) is 0 Å². The molecule has 5 rings (SSSR count). The summed E-state index contributed by atoms with van der Waals surface area (Å²) in [6, 6.07) is 16.3. The van der Waals surface area contributed by atoms with Crippen molar-refractivity contribution < 1.29 is 9.53 Å². The van der Waals surface area contributed by atoms with E-state index in [1.807, 2.05) is 11.9 Å². The van der Waals surface area contributed by atoms with Gasteiger partial charge in [-0.15, -0.1) is 12.4 Å². The zero-order chi connectivity index (χ0) is 22.2. The van der Waals surface area contributed by atoms with Crippen molar-refractivity contribution in [1.29, 1.82) is 0 Å². The Bertz CT molecular complexity index is 983. The maximum absolute atomic E-state index is 12.6. The average Bonchev–Trinajstić information content (AvgIpc) is 3.63. The van der Waals surface area contributed by atoms with E-state index in [-0.39, 0.29) is 24.2 Å². The predicted molar refractivity (Wildman–Crippen MR) is 135 cm³/mol. The number of hydrogen-bond acceptors (Lipinski definition) is 4. The maximum atomic E-state index is 12.6. The van der Waals surface area contributed by atoms with E-state index in [1.54, 1.807) is 7.11 Å². The fourth-order valence-corrected chi connectivity index (χ4v) is 5.75. The van der Waals surface area contributed by atoms with E-state index in [2.05, 4.69) is 60.0 Å². The van der Waals surface area contributed by atoms with E-state index in [1.165, 1.54) is 30.4 Å². The molecule has 1 amide bonds. The molecule has 33 heavy (non-hydrogen) atoms. The molecule has 0 aromatic heterocycles. The third-order valence-electron chi connectivity index (χ3n) is 7.62. The van der Waals surface area contributed by atoms with Gasteiger partial charge in [-0.05, 0) is 54.9 Å². The Kier molecular flexibility index (Phi) is 7.32. The molecule has 5 atom stereocenters. The topological polar surface area (TPSA) is 53.6 Å². The molecule has 2 heterocycles. The number of rotatable bonds is 7. The van der Waals surface area contributed by atoms with Crippen molar-refractivity contribution in [2.75, 3.05) is 19.1 Å². The quantitative estimate of drug-likeness (QED) is 0.602. The number of ether oxygens (including phenoxy) is 1. The predicted octanol–water partition coefficient (Wildman–Crippen LogP) is 4.95. The molecule has 3 aliphatic rings. The number of anilines is 1. The van der Waals surface area contributed by atoms with Crippen molar-refractivity contribution in [2.24, 2.45) is 5.92 Å². The number of amides is 1. The summed E-state index contributed by atoms with van der Waals surface area (Å²) >= 11 is 0. The van der Waals surface area contributed by atoms with Crippen LogP contribution in [0, 0.1) is 5.92 Å². The minimum Gasteiger partial charge on any atom is -0.496 e. The van der Waals surface area contributed by atoms with Gasteiger partial charge in [-0.25, -0.2) is 0 Å². The molecular weight excluding hydrogens is 434 g/mol. The number of halogens is 1. The monoisotopic (exact) mass is 469 g/mol. The molecule has 2 N–H and O–H groups in total. The lowest BCUT2D eigenvalue weighted by Crippen LogP contribution is -2.50. The Morgan fingerprint density at radius 2 is 1.94 bits per heavy atom. The average molecular weight is 470 g/mol. The molecule has 5 unspecified atom stereocenters. The Morgan fingerprint density at radius 1 is 1.15 bits per heavy atom. The van der Waals surface area contributed by atoms with Crippen LogP contribution in [0.4, 0.5) is 5.69 Å². The fourth-order valence-electron chi connectivity index (χ4n) is 5.75. The van der Waals surface area contributed by atoms with E-state index in [4.69, 9.17) is 4.74 Å². The van der Waals surface area contributed by atoms with Crippen LogP contribution < -0.4 is 20.3 Å². The second-order valence-corrected chi connectivity index (χ2v) is 9.67. The number of hydrogen-bond donors (Lipinski definition) is 2. The Balaban J connectivity index is 0.00000259. The van der Waals surface area contributed by atoms with Crippen LogP contribution in [0.5, 0.6) is 5.75 Å². The molecule has 2 aromatic rings. The van der Waals surface area contributed by atoms with Crippen LogP contribution >= 0.6 is 12.4 Å². The van der Waals surface area contributed by atoms with Gasteiger partial charge in [-0.2, -0.15) is 0 Å². The third-order valence-corrected chi connectivity index (χ3v) is 7.62. The van der Waals surface area contributed by atoms with Crippen molar-refractivity contribution in [3.05, 3.63) is 59.2 Å². The van der Waals surface area contributed by atoms with E-state index in [9.17, 15) is 4.79 Å². The van der Waals surface area contributed by atoms with Gasteiger partial charge in [0, 0.05) is 48.9 Å². The van der Waals surface area contributed by atoms with Crippen LogP contribution in [0.1, 0.15) is 67.7 Å². The van der Waals surface area contributed by atoms with Crippen LogP contribution in [0.25, 0.3) is 0 Å². The highest BCUT2D eigenvalue weighted by atomic mass is 35.5. The number of nitrogens with zero attached hydrogens (tertiary/aromatic N) is 1. The highest BCUT2D eigenvalue weighted by Gasteiger charge is 2.50. The number of nitrogens with one attached hydrogen (secondary N) is 2. The molecule has 2 fully saturated rings. The zero-order valence-corrected chi connectivity index (χ0v) is 20.7. The molecule has 6 heteroatoms. The van der Waals surface area contributed by atoms with Gasteiger partial charge in [0.1, 0.15) is 5.75 Å². The Hall–Kier alpha value is -2.08. The van der Waals surface area contributed by atoms with E-state index < -0.39 is 0 Å². The first kappa shape index (κ1) is 24.1. The van der Waals surface area contributed by atoms with Gasteiger partial charge in [-0.1, -0.05) is 43.7 Å². The molecular formula is C27H36ClN3O2. The molecule has 0 radical (unpaired) electrons. The molecule has 5 nitrogen and oxygen atoms in total. The standard InChI is InChI=1S/C27H35N3O2.ClH/c1-4-8-19-11-12-23(26(29-19)17-9-6-5-7-10-17)28-16-18-13-24-21(15-25(18)32-3)20-14-22(20)27(31)30(24)2;/h5-7,9-10,13,15,19-20,22-23,26,28-29H,4,8,11-12,14,16H2,1-3H3;1H. The summed E-state index contributed by atoms with van der Waals surface area (Å²) in [5, 5.41) is 7.75. The second-order valence-electron chi connectivity index (χ2n) is 9.67. The molecule has 2 aliphatic heterocycles. The summed E-state index contributed by atoms with van der Waals surface area (Å²) in [7, 11) is 3.65. The summed E-state index contributed by atoms with van der Waals surface area (Å²) in [5.41, 5.74) is 4.78. The number of methoxy groups -OCH3 is 1. The summed E-state index contributed by atoms with van der Waals surface area (Å²) in [6.07, 6.45) is 5.74. The van der Waals surface area contributed by atoms with Gasteiger partial charge >= 0.3 is 0 Å². The van der Waals surface area contributed by atoms with Gasteiger partial charge in [-0.3, -0.25) is 4.79 Å². The first-order valence-corrected chi connectivity index (χ1v) is 12.1. The van der Waals surface area contributed by atoms with Gasteiger partial charge in [0.2, 0.25) is 5.91 Å². The normalized spacial score (nSPS) is 27.9. The summed E-state index contributed by atoms with van der Waals surface area (Å²) in [6.45, 7) is 2.98. The van der Waals surface area contributed by atoms with Crippen molar-refractivity contribution in [2.45, 2.75) is 69.6 Å². The van der Waals surface area contributed by atoms with E-state index in [0.717, 1.165) is 36.4 Å². The minimum atomic E-state index is 0. The van der Waals surface area contributed by atoms with Gasteiger partial charge in [0.25, 0.3) is 0 Å². The van der Waals surface area contributed by atoms with Crippen LogP contribution in [0.15, 0.2) is 42.5 Å². The lowest BCUT2D eigenvalue weighted by atomic mass is 9.87. The molecule has 1 aliphatic carbocycles. The van der Waals surface area contributed by atoms with Gasteiger partial charge < -0.3 is 20.3 Å². The Morgan fingerprint density at radius 3 is 2.67 bits per heavy atom. The third kappa shape index (κ3) is 4.64. The largest absolute Gasteiger partial charge is 0.496 e. The summed E-state index contributed by atoms with van der Waals surface area (Å²) < 4.78 is 5.78. The molecule has 2 aromatic carbocycles. The lowest BCUT2D eigenvalue weighted by Gasteiger charge is -2.39. The van der Waals surface area contributed by atoms with Crippen molar-refractivity contribution in [1.82, 2.24) is 10.6 Å². The number of piperidine rings is 1. The summed E-state index contributed by atoms with van der Waals surface area (Å²) in [5.74, 6) is 1.74. The SMILES string of the molecule is CCCC1CCC(NCc2cc3c(cc2OC)C2CC2C(=O)N3C)C(c2ccccc2)N1.Cl. The van der Waals surface area contributed by atoms with E-state index >= 15 is 0 Å². The first-order valence-electron chi connectivity index (χ1n) is 12.1. The number of carbonyl (C=O) groups is 1.